The van der Waals surface area contributed by atoms with Gasteiger partial charge < -0.3 is 47.7 Å². The van der Waals surface area contributed by atoms with Gasteiger partial charge in [0.15, 0.2) is 0 Å². The summed E-state index contributed by atoms with van der Waals surface area (Å²) in [6, 6.07) is 4.29. The highest BCUT2D eigenvalue weighted by Crippen LogP contribution is 2.12. The van der Waals surface area contributed by atoms with E-state index in [-0.39, 0.29) is 45.1 Å². The molecule has 0 unspecified atom stereocenters. The van der Waals surface area contributed by atoms with E-state index in [0.717, 1.165) is 17.1 Å². The molecule has 1 aromatic rings. The number of amides is 9. The largest absolute Gasteiger partial charge is 0.445 e. The van der Waals surface area contributed by atoms with Crippen molar-refractivity contribution in [2.75, 3.05) is 44.6 Å². The Labute approximate surface area is 287 Å². The maximum Gasteiger partial charge on any atom is 0.407 e. The Morgan fingerprint density at radius 2 is 1.30 bits per heavy atom. The Morgan fingerprint density at radius 3 is 1.86 bits per heavy atom. The molecule has 272 valence electrons. The van der Waals surface area contributed by atoms with Gasteiger partial charge in [0, 0.05) is 43.9 Å². The minimum Gasteiger partial charge on any atom is -0.445 e. The summed E-state index contributed by atoms with van der Waals surface area (Å²) >= 11 is 0. The quantitative estimate of drug-likeness (QED) is 0.0679. The average molecular weight is 702 g/mol. The monoisotopic (exact) mass is 701 g/mol. The van der Waals surface area contributed by atoms with Crippen molar-refractivity contribution in [2.45, 2.75) is 45.9 Å². The van der Waals surface area contributed by atoms with Crippen molar-refractivity contribution < 1.29 is 47.9 Å². The molecule has 0 saturated heterocycles. The molecule has 1 aromatic carbocycles. The summed E-state index contributed by atoms with van der Waals surface area (Å²) in [5.41, 5.74) is 6.20. The van der Waals surface area contributed by atoms with Crippen LogP contribution in [0.15, 0.2) is 36.4 Å². The number of rotatable bonds is 19. The van der Waals surface area contributed by atoms with Crippen LogP contribution in [0.4, 0.5) is 10.5 Å². The van der Waals surface area contributed by atoms with E-state index < -0.39 is 78.5 Å². The summed E-state index contributed by atoms with van der Waals surface area (Å²) in [4.78, 5) is 109. The van der Waals surface area contributed by atoms with Gasteiger partial charge in [0.1, 0.15) is 25.2 Å². The van der Waals surface area contributed by atoms with E-state index in [1.165, 1.54) is 6.92 Å². The van der Waals surface area contributed by atoms with Crippen LogP contribution in [-0.2, 0) is 49.7 Å². The Bertz CT molecular complexity index is 1440. The molecule has 0 radical (unpaired) electrons. The number of hydrogen-bond acceptors (Lipinski definition) is 11. The van der Waals surface area contributed by atoms with Gasteiger partial charge in [-0.05, 0) is 30.5 Å². The molecule has 9 N–H and O–H groups in total. The highest BCUT2D eigenvalue weighted by atomic mass is 16.5. The van der Waals surface area contributed by atoms with Gasteiger partial charge >= 0.3 is 6.09 Å². The summed E-state index contributed by atoms with van der Waals surface area (Å²) < 4.78 is 5.06. The summed E-state index contributed by atoms with van der Waals surface area (Å²) in [5, 5.41) is 17.1. The highest BCUT2D eigenvalue weighted by molar-refractivity contribution is 6.13. The number of ether oxygens (including phenoxy) is 1. The molecule has 0 fully saturated rings. The minimum absolute atomic E-state index is 0.136. The third kappa shape index (κ3) is 14.5. The molecule has 50 heavy (non-hydrogen) atoms. The van der Waals surface area contributed by atoms with Crippen molar-refractivity contribution in [3.8, 4) is 0 Å². The number of nitrogens with zero attached hydrogens (tertiary/aromatic N) is 1. The zero-order valence-corrected chi connectivity index (χ0v) is 28.0. The van der Waals surface area contributed by atoms with Crippen LogP contribution in [0.1, 0.15) is 32.8 Å². The Hall–Kier alpha value is -5.85. The van der Waals surface area contributed by atoms with Crippen LogP contribution in [0, 0.1) is 5.92 Å². The van der Waals surface area contributed by atoms with E-state index in [1.54, 1.807) is 38.1 Å². The van der Waals surface area contributed by atoms with Crippen molar-refractivity contribution in [1.29, 1.82) is 0 Å². The van der Waals surface area contributed by atoms with E-state index in [4.69, 9.17) is 10.5 Å². The molecule has 9 amide bonds. The Balaban J connectivity index is 1.70. The molecule has 0 aromatic heterocycles. The lowest BCUT2D eigenvalue weighted by Crippen LogP contribution is -2.54. The molecular formula is C31H43N9O10. The first-order valence-corrected chi connectivity index (χ1v) is 15.6. The molecule has 2 atom stereocenters. The van der Waals surface area contributed by atoms with E-state index in [9.17, 15) is 43.2 Å². The fraction of sp³-hybridized carbons (Fsp3) is 0.452. The average Bonchev–Trinajstić information content (AvgIpc) is 3.41. The van der Waals surface area contributed by atoms with Crippen molar-refractivity contribution in [3.05, 3.63) is 42.0 Å². The van der Waals surface area contributed by atoms with E-state index in [1.807, 2.05) is 0 Å². The topological polar surface area (TPSA) is 276 Å². The highest BCUT2D eigenvalue weighted by Gasteiger charge is 2.28. The Kier molecular flexibility index (Phi) is 16.5. The standard InChI is InChI=1S/C31H43N9O10/c1-18(2)28(39-22(41)10-13-40-26(45)8-9-27(40)46)30(48)37-19(3)29(47)38-21-6-4-20(5-7-21)17-50-31(49)36-16-25(44)35-15-24(43)34-14-23(42)33-12-11-32/h4-9,18-19,28H,10-17,32H2,1-3H3,(H,33,42)(H,34,43)(H,35,44)(H,36,49)(H,37,48)(H,38,47)(H,39,41)/t19-,28-/m0/s1. The Morgan fingerprint density at radius 1 is 0.740 bits per heavy atom. The fourth-order valence-electron chi connectivity index (χ4n) is 4.06. The van der Waals surface area contributed by atoms with Crippen molar-refractivity contribution in [3.63, 3.8) is 0 Å². The van der Waals surface area contributed by atoms with Gasteiger partial charge in [0.05, 0.1) is 13.1 Å². The van der Waals surface area contributed by atoms with Gasteiger partial charge in [-0.3, -0.25) is 43.3 Å². The molecule has 0 spiro atoms. The van der Waals surface area contributed by atoms with Gasteiger partial charge in [-0.25, -0.2) is 4.79 Å². The summed E-state index contributed by atoms with van der Waals surface area (Å²) in [6.07, 6.45) is 1.13. The predicted octanol–water partition coefficient (Wildman–Crippen LogP) is -2.88. The molecule has 1 aliphatic heterocycles. The van der Waals surface area contributed by atoms with Gasteiger partial charge in [-0.1, -0.05) is 26.0 Å². The van der Waals surface area contributed by atoms with Crippen molar-refractivity contribution in [1.82, 2.24) is 36.8 Å². The minimum atomic E-state index is -0.988. The number of nitrogens with one attached hydrogen (secondary N) is 7. The molecule has 1 aliphatic rings. The zero-order chi connectivity index (χ0) is 37.2. The van der Waals surface area contributed by atoms with E-state index >= 15 is 0 Å². The fourth-order valence-corrected chi connectivity index (χ4v) is 4.06. The van der Waals surface area contributed by atoms with Gasteiger partial charge in [0.2, 0.25) is 35.4 Å². The zero-order valence-electron chi connectivity index (χ0n) is 28.0. The van der Waals surface area contributed by atoms with Crippen molar-refractivity contribution in [2.24, 2.45) is 11.7 Å². The number of alkyl carbamates (subject to hydrolysis) is 1. The summed E-state index contributed by atoms with van der Waals surface area (Å²) in [7, 11) is 0. The van der Waals surface area contributed by atoms with Gasteiger partial charge in [0.25, 0.3) is 11.8 Å². The second kappa shape index (κ2) is 20.5. The lowest BCUT2D eigenvalue weighted by Gasteiger charge is -2.24. The second-order valence-corrected chi connectivity index (χ2v) is 11.2. The van der Waals surface area contributed by atoms with Crippen LogP contribution in [0.25, 0.3) is 0 Å². The first kappa shape index (κ1) is 40.3. The molecule has 0 bridgehead atoms. The summed E-state index contributed by atoms with van der Waals surface area (Å²) in [5.74, 6) is -4.76. The van der Waals surface area contributed by atoms with Crippen LogP contribution < -0.4 is 43.0 Å². The number of imide groups is 1. The predicted molar refractivity (Wildman–Crippen MR) is 176 cm³/mol. The number of hydrogen-bond donors (Lipinski definition) is 8. The molecule has 1 heterocycles. The lowest BCUT2D eigenvalue weighted by atomic mass is 10.0. The number of carbonyl (C=O) groups is 9. The van der Waals surface area contributed by atoms with Crippen LogP contribution in [0.3, 0.4) is 0 Å². The number of benzene rings is 1. The molecule has 19 heteroatoms. The third-order valence-corrected chi connectivity index (χ3v) is 6.82. The molecule has 0 aliphatic carbocycles. The first-order valence-electron chi connectivity index (χ1n) is 15.6. The van der Waals surface area contributed by atoms with E-state index in [2.05, 4.69) is 37.2 Å². The number of carbonyl (C=O) groups excluding carboxylic acids is 9. The van der Waals surface area contributed by atoms with Gasteiger partial charge in [-0.15, -0.1) is 0 Å². The van der Waals surface area contributed by atoms with E-state index in [0.29, 0.717) is 11.3 Å². The van der Waals surface area contributed by atoms with Crippen molar-refractivity contribution >= 4 is 59.0 Å². The molecule has 0 saturated carbocycles. The van der Waals surface area contributed by atoms with Crippen LogP contribution >= 0.6 is 0 Å². The number of anilines is 1. The summed E-state index contributed by atoms with van der Waals surface area (Å²) in [6.45, 7) is 3.96. The first-order chi connectivity index (χ1) is 23.7. The molecule has 19 nitrogen and oxygen atoms in total. The van der Waals surface area contributed by atoms with Crippen LogP contribution in [0.2, 0.25) is 0 Å². The lowest BCUT2D eigenvalue weighted by molar-refractivity contribution is -0.138. The van der Waals surface area contributed by atoms with Crippen LogP contribution in [0.5, 0.6) is 0 Å². The van der Waals surface area contributed by atoms with Gasteiger partial charge in [-0.2, -0.15) is 0 Å². The molecular weight excluding hydrogens is 658 g/mol. The SMILES string of the molecule is CC(C)[C@H](NC(=O)CCN1C(=O)C=CC1=O)C(=O)N[C@@H](C)C(=O)Nc1ccc(COC(=O)NCC(=O)NCC(=O)NCC(=O)NCCN)cc1. The third-order valence-electron chi connectivity index (χ3n) is 6.82. The second-order valence-electron chi connectivity index (χ2n) is 11.2. The smallest absolute Gasteiger partial charge is 0.407 e. The molecule has 2 rings (SSSR count). The normalized spacial score (nSPS) is 13.2. The number of nitrogens with two attached hydrogens (primary N) is 1. The van der Waals surface area contributed by atoms with Crippen LogP contribution in [-0.4, -0.2) is 110 Å². The maximum absolute atomic E-state index is 12.9. The maximum atomic E-state index is 12.9.